The molecule has 3 N–H and O–H groups in total. The van der Waals surface area contributed by atoms with Crippen LogP contribution in [0.25, 0.3) is 0 Å². The molecule has 0 saturated heterocycles. The zero-order valence-corrected chi connectivity index (χ0v) is 14.9. The van der Waals surface area contributed by atoms with Gasteiger partial charge in [-0.05, 0) is 23.4 Å². The van der Waals surface area contributed by atoms with E-state index < -0.39 is 10.0 Å². The number of nitrogens with one attached hydrogen (secondary N) is 1. The Hall–Kier alpha value is -1.42. The van der Waals surface area contributed by atoms with Crippen LogP contribution < -0.4 is 10.5 Å². The Balaban J connectivity index is 1.86. The molecule has 6 nitrogen and oxygen atoms in total. The van der Waals surface area contributed by atoms with Gasteiger partial charge in [0.15, 0.2) is 0 Å². The highest BCUT2D eigenvalue weighted by Crippen LogP contribution is 2.22. The van der Waals surface area contributed by atoms with Crippen molar-refractivity contribution in [2.75, 3.05) is 5.75 Å². The molecular formula is C14H17N3O3S3. The van der Waals surface area contributed by atoms with Crippen molar-refractivity contribution in [2.45, 2.75) is 29.1 Å². The summed E-state index contributed by atoms with van der Waals surface area (Å²) >= 11 is 3.19. The summed E-state index contributed by atoms with van der Waals surface area (Å²) in [6.07, 6.45) is 0.232. The average Bonchev–Trinajstić information content (AvgIpc) is 2.92. The lowest BCUT2D eigenvalue weighted by Crippen LogP contribution is -2.24. The molecule has 0 atom stereocenters. The predicted octanol–water partition coefficient (Wildman–Crippen LogP) is 1.76. The minimum atomic E-state index is -3.69. The van der Waals surface area contributed by atoms with Gasteiger partial charge < -0.3 is 5.32 Å². The molecule has 0 fully saturated rings. The van der Waals surface area contributed by atoms with Crippen LogP contribution >= 0.6 is 23.1 Å². The fourth-order valence-corrected chi connectivity index (χ4v) is 4.04. The van der Waals surface area contributed by atoms with Crippen molar-refractivity contribution < 1.29 is 13.2 Å². The maximum atomic E-state index is 11.9. The van der Waals surface area contributed by atoms with Crippen LogP contribution in [0.15, 0.2) is 38.9 Å². The van der Waals surface area contributed by atoms with Gasteiger partial charge in [0.25, 0.3) is 0 Å². The van der Waals surface area contributed by atoms with E-state index in [2.05, 4.69) is 17.2 Å². The molecular weight excluding hydrogens is 354 g/mol. The molecule has 2 rings (SSSR count). The van der Waals surface area contributed by atoms with Crippen LogP contribution in [-0.4, -0.2) is 25.1 Å². The Kier molecular flexibility index (Phi) is 6.17. The van der Waals surface area contributed by atoms with Crippen LogP contribution in [0, 0.1) is 0 Å². The number of hydrogen-bond donors (Lipinski definition) is 2. The highest BCUT2D eigenvalue weighted by atomic mass is 32.2. The lowest BCUT2D eigenvalue weighted by atomic mass is 10.2. The molecule has 2 aromatic rings. The van der Waals surface area contributed by atoms with E-state index in [1.54, 1.807) is 23.9 Å². The molecule has 0 radical (unpaired) electrons. The Labute approximate surface area is 143 Å². The highest BCUT2D eigenvalue weighted by Gasteiger charge is 2.09. The molecule has 0 unspecified atom stereocenters. The Bertz CT molecular complexity index is 770. The van der Waals surface area contributed by atoms with Crippen molar-refractivity contribution in [3.63, 3.8) is 0 Å². The van der Waals surface area contributed by atoms with Crippen LogP contribution in [-0.2, 0) is 27.8 Å². The third-order valence-corrected chi connectivity index (χ3v) is 5.76. The number of sulfonamides is 1. The summed E-state index contributed by atoms with van der Waals surface area (Å²) in [5, 5.41) is 9.71. The molecule has 0 saturated carbocycles. The van der Waals surface area contributed by atoms with E-state index in [9.17, 15) is 13.2 Å². The van der Waals surface area contributed by atoms with Crippen molar-refractivity contribution >= 4 is 39.0 Å². The number of thiazole rings is 1. The van der Waals surface area contributed by atoms with Crippen LogP contribution in [0.1, 0.15) is 18.2 Å². The van der Waals surface area contributed by atoms with Crippen molar-refractivity contribution in [2.24, 2.45) is 5.14 Å². The molecule has 1 aromatic carbocycles. The van der Waals surface area contributed by atoms with Gasteiger partial charge in [-0.3, -0.25) is 4.79 Å². The molecule has 0 bridgehead atoms. The number of hydrogen-bond acceptors (Lipinski definition) is 6. The summed E-state index contributed by atoms with van der Waals surface area (Å²) in [6.45, 7) is 2.38. The van der Waals surface area contributed by atoms with Gasteiger partial charge >= 0.3 is 0 Å². The third-order valence-electron chi connectivity index (χ3n) is 2.88. The quantitative estimate of drug-likeness (QED) is 0.722. The maximum absolute atomic E-state index is 11.9. The third kappa shape index (κ3) is 5.61. The molecule has 0 aliphatic rings. The number of aromatic nitrogens is 1. The second-order valence-corrected chi connectivity index (χ2v) is 8.61. The number of rotatable bonds is 7. The summed E-state index contributed by atoms with van der Waals surface area (Å²) in [4.78, 5) is 16.3. The normalized spacial score (nSPS) is 11.4. The Morgan fingerprint density at radius 2 is 2.04 bits per heavy atom. The molecule has 124 valence electrons. The highest BCUT2D eigenvalue weighted by molar-refractivity contribution is 8.00. The number of amides is 1. The zero-order chi connectivity index (χ0) is 16.9. The van der Waals surface area contributed by atoms with E-state index >= 15 is 0 Å². The number of nitrogens with two attached hydrogens (primary N) is 1. The lowest BCUT2D eigenvalue weighted by Gasteiger charge is -2.05. The molecule has 1 amide bonds. The largest absolute Gasteiger partial charge is 0.352 e. The molecule has 1 aromatic heterocycles. The SMILES string of the molecule is CCSc1nc(CC(=O)NCc2ccc(S(N)(=O)=O)cc2)cs1. The summed E-state index contributed by atoms with van der Waals surface area (Å²) in [5.74, 6) is 0.826. The van der Waals surface area contributed by atoms with Crippen molar-refractivity contribution in [1.29, 1.82) is 0 Å². The summed E-state index contributed by atoms with van der Waals surface area (Å²) in [5.41, 5.74) is 1.55. The van der Waals surface area contributed by atoms with Crippen LogP contribution in [0.4, 0.5) is 0 Å². The molecule has 0 aliphatic heterocycles. The van der Waals surface area contributed by atoms with Gasteiger partial charge in [0.05, 0.1) is 17.0 Å². The number of carbonyl (C=O) groups excluding carboxylic acids is 1. The van der Waals surface area contributed by atoms with Gasteiger partial charge in [0.1, 0.15) is 4.34 Å². The number of carbonyl (C=O) groups is 1. The predicted molar refractivity (Wildman–Crippen MR) is 91.9 cm³/mol. The van der Waals surface area contributed by atoms with Gasteiger partial charge in [-0.2, -0.15) is 0 Å². The summed E-state index contributed by atoms with van der Waals surface area (Å²) in [6, 6.07) is 6.09. The van der Waals surface area contributed by atoms with Crippen molar-refractivity contribution in [3.05, 3.63) is 40.9 Å². The van der Waals surface area contributed by atoms with Crippen molar-refractivity contribution in [3.8, 4) is 0 Å². The van der Waals surface area contributed by atoms with Crippen LogP contribution in [0.5, 0.6) is 0 Å². The zero-order valence-electron chi connectivity index (χ0n) is 12.5. The molecule has 23 heavy (non-hydrogen) atoms. The fraction of sp³-hybridized carbons (Fsp3) is 0.286. The van der Waals surface area contributed by atoms with E-state index in [1.807, 2.05) is 5.38 Å². The van der Waals surface area contributed by atoms with Crippen LogP contribution in [0.2, 0.25) is 0 Å². The maximum Gasteiger partial charge on any atom is 0.238 e. The molecule has 0 spiro atoms. The summed E-state index contributed by atoms with van der Waals surface area (Å²) < 4.78 is 23.3. The second kappa shape index (κ2) is 7.91. The van der Waals surface area contributed by atoms with Gasteiger partial charge in [0, 0.05) is 11.9 Å². The minimum absolute atomic E-state index is 0.0519. The topological polar surface area (TPSA) is 102 Å². The molecule has 1 heterocycles. The Morgan fingerprint density at radius 3 is 2.65 bits per heavy atom. The summed E-state index contributed by atoms with van der Waals surface area (Å²) in [7, 11) is -3.69. The first kappa shape index (κ1) is 17.9. The fourth-order valence-electron chi connectivity index (χ4n) is 1.78. The Morgan fingerprint density at radius 1 is 1.35 bits per heavy atom. The number of thioether (sulfide) groups is 1. The lowest BCUT2D eigenvalue weighted by molar-refractivity contribution is -0.120. The van der Waals surface area contributed by atoms with Gasteiger partial charge in [0.2, 0.25) is 15.9 Å². The van der Waals surface area contributed by atoms with Crippen LogP contribution in [0.3, 0.4) is 0 Å². The molecule has 9 heteroatoms. The number of nitrogens with zero attached hydrogens (tertiary/aromatic N) is 1. The number of primary sulfonamides is 1. The first-order valence-electron chi connectivity index (χ1n) is 6.84. The second-order valence-electron chi connectivity index (χ2n) is 4.68. The first-order valence-corrected chi connectivity index (χ1v) is 10.3. The average molecular weight is 372 g/mol. The van der Waals surface area contributed by atoms with Gasteiger partial charge in [-0.25, -0.2) is 18.5 Å². The van der Waals surface area contributed by atoms with E-state index in [4.69, 9.17) is 5.14 Å². The molecule has 0 aliphatic carbocycles. The minimum Gasteiger partial charge on any atom is -0.352 e. The van der Waals surface area contributed by atoms with E-state index in [-0.39, 0.29) is 17.2 Å². The monoisotopic (exact) mass is 371 g/mol. The van der Waals surface area contributed by atoms with E-state index in [1.165, 1.54) is 23.5 Å². The first-order chi connectivity index (χ1) is 10.9. The standard InChI is InChI=1S/C14H17N3O3S3/c1-2-21-14-17-11(9-22-14)7-13(18)16-8-10-3-5-12(6-4-10)23(15,19)20/h3-6,9H,2,7-8H2,1H3,(H,16,18)(H2,15,19,20). The van der Waals surface area contributed by atoms with Crippen molar-refractivity contribution in [1.82, 2.24) is 10.3 Å². The van der Waals surface area contributed by atoms with Gasteiger partial charge in [-0.15, -0.1) is 11.3 Å². The smallest absolute Gasteiger partial charge is 0.238 e. The number of benzene rings is 1. The van der Waals surface area contributed by atoms with E-state index in [0.29, 0.717) is 6.54 Å². The van der Waals surface area contributed by atoms with E-state index in [0.717, 1.165) is 21.3 Å². The van der Waals surface area contributed by atoms with Gasteiger partial charge in [-0.1, -0.05) is 30.8 Å².